The van der Waals surface area contributed by atoms with Crippen LogP contribution in [0.2, 0.25) is 0 Å². The van der Waals surface area contributed by atoms with Crippen LogP contribution in [0.4, 0.5) is 5.69 Å². The standard InChI is InChI=1S/C13H14N2O4S/c1-8(16)12-5-10(15(17)18)3-4-13(12)19-7-11-6-14-9(2)20-11/h3-6,8,16H,7H2,1-2H3/t8-/m0/s1. The Balaban J connectivity index is 2.20. The monoisotopic (exact) mass is 294 g/mol. The number of non-ortho nitro benzene ring substituents is 1. The van der Waals surface area contributed by atoms with Gasteiger partial charge < -0.3 is 9.84 Å². The van der Waals surface area contributed by atoms with Crippen molar-refractivity contribution in [1.29, 1.82) is 0 Å². The van der Waals surface area contributed by atoms with Crippen molar-refractivity contribution in [3.63, 3.8) is 0 Å². The molecule has 1 aromatic heterocycles. The number of thiazole rings is 1. The van der Waals surface area contributed by atoms with Crippen LogP contribution in [0.3, 0.4) is 0 Å². The van der Waals surface area contributed by atoms with Crippen molar-refractivity contribution in [3.8, 4) is 5.75 Å². The molecule has 2 aromatic rings. The number of rotatable bonds is 5. The molecular weight excluding hydrogens is 280 g/mol. The summed E-state index contributed by atoms with van der Waals surface area (Å²) in [6, 6.07) is 4.20. The van der Waals surface area contributed by atoms with E-state index in [1.807, 2.05) is 6.92 Å². The Morgan fingerprint density at radius 3 is 2.85 bits per heavy atom. The molecule has 1 aromatic carbocycles. The first kappa shape index (κ1) is 14.4. The van der Waals surface area contributed by atoms with Crippen LogP contribution in [0.15, 0.2) is 24.4 Å². The number of aromatic nitrogens is 1. The van der Waals surface area contributed by atoms with Gasteiger partial charge in [-0.05, 0) is 19.9 Å². The zero-order chi connectivity index (χ0) is 14.7. The Morgan fingerprint density at radius 1 is 1.55 bits per heavy atom. The average molecular weight is 294 g/mol. The second-order valence-electron chi connectivity index (χ2n) is 4.29. The van der Waals surface area contributed by atoms with E-state index < -0.39 is 11.0 Å². The van der Waals surface area contributed by atoms with Crippen molar-refractivity contribution in [2.24, 2.45) is 0 Å². The second-order valence-corrected chi connectivity index (χ2v) is 5.61. The molecule has 0 aliphatic carbocycles. The van der Waals surface area contributed by atoms with Crippen molar-refractivity contribution < 1.29 is 14.8 Å². The molecule has 0 aliphatic rings. The molecule has 1 N–H and O–H groups in total. The lowest BCUT2D eigenvalue weighted by atomic mass is 10.1. The largest absolute Gasteiger partial charge is 0.488 e. The Bertz CT molecular complexity index is 625. The topological polar surface area (TPSA) is 85.5 Å². The van der Waals surface area contributed by atoms with Crippen LogP contribution in [-0.2, 0) is 6.61 Å². The van der Waals surface area contributed by atoms with E-state index in [1.54, 1.807) is 13.1 Å². The summed E-state index contributed by atoms with van der Waals surface area (Å²) in [6.45, 7) is 3.77. The summed E-state index contributed by atoms with van der Waals surface area (Å²) in [6.07, 6.45) is 0.890. The normalized spacial score (nSPS) is 12.2. The number of ether oxygens (including phenoxy) is 1. The van der Waals surface area contributed by atoms with Gasteiger partial charge in [0.25, 0.3) is 5.69 Å². The average Bonchev–Trinajstić information content (AvgIpc) is 2.81. The molecule has 0 radical (unpaired) electrons. The summed E-state index contributed by atoms with van der Waals surface area (Å²) in [4.78, 5) is 15.3. The van der Waals surface area contributed by atoms with E-state index in [-0.39, 0.29) is 5.69 Å². The van der Waals surface area contributed by atoms with E-state index in [1.165, 1.54) is 29.5 Å². The first-order chi connectivity index (χ1) is 9.47. The maximum Gasteiger partial charge on any atom is 0.270 e. The Kier molecular flexibility index (Phi) is 4.31. The summed E-state index contributed by atoms with van der Waals surface area (Å²) in [7, 11) is 0. The SMILES string of the molecule is Cc1ncc(COc2ccc([N+](=O)[O-])cc2[C@H](C)O)s1. The summed E-state index contributed by atoms with van der Waals surface area (Å²) < 4.78 is 5.62. The summed E-state index contributed by atoms with van der Waals surface area (Å²) in [5.41, 5.74) is 0.335. The number of nitro groups is 1. The zero-order valence-electron chi connectivity index (χ0n) is 11.1. The molecule has 7 heteroatoms. The Labute approximate surface area is 119 Å². The van der Waals surface area contributed by atoms with Crippen LogP contribution in [-0.4, -0.2) is 15.0 Å². The molecule has 0 spiro atoms. The van der Waals surface area contributed by atoms with Gasteiger partial charge in [0.15, 0.2) is 0 Å². The van der Waals surface area contributed by atoms with Crippen molar-refractivity contribution in [1.82, 2.24) is 4.98 Å². The highest BCUT2D eigenvalue weighted by Gasteiger charge is 2.15. The highest BCUT2D eigenvalue weighted by atomic mass is 32.1. The highest BCUT2D eigenvalue weighted by Crippen LogP contribution is 2.30. The van der Waals surface area contributed by atoms with Gasteiger partial charge in [-0.2, -0.15) is 0 Å². The maximum absolute atomic E-state index is 10.7. The lowest BCUT2D eigenvalue weighted by Crippen LogP contribution is -2.01. The van der Waals surface area contributed by atoms with E-state index in [2.05, 4.69) is 4.98 Å². The fourth-order valence-electron chi connectivity index (χ4n) is 1.73. The van der Waals surface area contributed by atoms with Gasteiger partial charge in [-0.3, -0.25) is 10.1 Å². The number of aryl methyl sites for hydroxylation is 1. The highest BCUT2D eigenvalue weighted by molar-refractivity contribution is 7.11. The molecule has 0 unspecified atom stereocenters. The van der Waals surface area contributed by atoms with E-state index in [4.69, 9.17) is 4.74 Å². The van der Waals surface area contributed by atoms with Crippen molar-refractivity contribution in [2.45, 2.75) is 26.6 Å². The van der Waals surface area contributed by atoms with Gasteiger partial charge in [-0.1, -0.05) is 0 Å². The fraction of sp³-hybridized carbons (Fsp3) is 0.308. The maximum atomic E-state index is 10.7. The van der Waals surface area contributed by atoms with Crippen LogP contribution < -0.4 is 4.74 Å². The molecule has 0 aliphatic heterocycles. The van der Waals surface area contributed by atoms with Crippen LogP contribution in [0, 0.1) is 17.0 Å². The summed E-state index contributed by atoms with van der Waals surface area (Å²) in [5.74, 6) is 0.441. The Morgan fingerprint density at radius 2 is 2.30 bits per heavy atom. The molecule has 0 bridgehead atoms. The molecule has 0 fully saturated rings. The number of nitrogens with zero attached hydrogens (tertiary/aromatic N) is 2. The summed E-state index contributed by atoms with van der Waals surface area (Å²) in [5, 5.41) is 21.4. The molecule has 20 heavy (non-hydrogen) atoms. The van der Waals surface area contributed by atoms with Crippen LogP contribution in [0.25, 0.3) is 0 Å². The predicted octanol–water partition coefficient (Wildman–Crippen LogP) is 2.99. The molecular formula is C13H14N2O4S. The number of hydrogen-bond acceptors (Lipinski definition) is 6. The molecule has 2 rings (SSSR count). The van der Waals surface area contributed by atoms with Crippen LogP contribution in [0.5, 0.6) is 5.75 Å². The van der Waals surface area contributed by atoms with Crippen molar-refractivity contribution in [2.75, 3.05) is 0 Å². The third kappa shape index (κ3) is 3.31. The van der Waals surface area contributed by atoms with Gasteiger partial charge in [-0.15, -0.1) is 11.3 Å². The zero-order valence-corrected chi connectivity index (χ0v) is 11.9. The van der Waals surface area contributed by atoms with Crippen molar-refractivity contribution >= 4 is 17.0 Å². The number of aliphatic hydroxyl groups excluding tert-OH is 1. The number of nitro benzene ring substituents is 1. The molecule has 6 nitrogen and oxygen atoms in total. The molecule has 1 atom stereocenters. The van der Waals surface area contributed by atoms with E-state index in [0.29, 0.717) is 17.9 Å². The van der Waals surface area contributed by atoms with E-state index in [9.17, 15) is 15.2 Å². The summed E-state index contributed by atoms with van der Waals surface area (Å²) >= 11 is 1.52. The lowest BCUT2D eigenvalue weighted by Gasteiger charge is -2.12. The predicted molar refractivity (Wildman–Crippen MR) is 74.9 cm³/mol. The number of hydrogen-bond donors (Lipinski definition) is 1. The van der Waals surface area contributed by atoms with Gasteiger partial charge in [0.2, 0.25) is 0 Å². The third-order valence-electron chi connectivity index (χ3n) is 2.69. The minimum Gasteiger partial charge on any atom is -0.488 e. The Hall–Kier alpha value is -1.99. The van der Waals surface area contributed by atoms with E-state index >= 15 is 0 Å². The third-order valence-corrected chi connectivity index (χ3v) is 3.58. The van der Waals surface area contributed by atoms with E-state index in [0.717, 1.165) is 9.88 Å². The molecule has 0 saturated carbocycles. The number of benzene rings is 1. The first-order valence-electron chi connectivity index (χ1n) is 5.98. The lowest BCUT2D eigenvalue weighted by molar-refractivity contribution is -0.385. The molecule has 106 valence electrons. The van der Waals surface area contributed by atoms with Gasteiger partial charge in [0.1, 0.15) is 12.4 Å². The first-order valence-corrected chi connectivity index (χ1v) is 6.79. The minimum absolute atomic E-state index is 0.0677. The van der Waals surface area contributed by atoms with Gasteiger partial charge in [-0.25, -0.2) is 4.98 Å². The molecule has 0 saturated heterocycles. The van der Waals surface area contributed by atoms with Gasteiger partial charge >= 0.3 is 0 Å². The molecule has 1 heterocycles. The van der Waals surface area contributed by atoms with Crippen LogP contribution >= 0.6 is 11.3 Å². The fourth-order valence-corrected chi connectivity index (χ4v) is 2.44. The second kappa shape index (κ2) is 5.98. The van der Waals surface area contributed by atoms with Gasteiger partial charge in [0, 0.05) is 23.9 Å². The number of aliphatic hydroxyl groups is 1. The minimum atomic E-state index is -0.840. The van der Waals surface area contributed by atoms with Gasteiger partial charge in [0.05, 0.1) is 20.9 Å². The quantitative estimate of drug-likeness (QED) is 0.676. The van der Waals surface area contributed by atoms with Crippen molar-refractivity contribution in [3.05, 3.63) is 50.0 Å². The smallest absolute Gasteiger partial charge is 0.270 e. The van der Waals surface area contributed by atoms with Crippen LogP contribution in [0.1, 0.15) is 28.5 Å². The molecule has 0 amide bonds.